The lowest BCUT2D eigenvalue weighted by atomic mass is 10.1. The molecule has 6 nitrogen and oxygen atoms in total. The zero-order valence-electron chi connectivity index (χ0n) is 16.1. The normalized spacial score (nSPS) is 10.9. The van der Waals surface area contributed by atoms with Gasteiger partial charge in [-0.2, -0.15) is 0 Å². The Bertz CT molecular complexity index is 1170. The highest BCUT2D eigenvalue weighted by Crippen LogP contribution is 2.23. The molecule has 2 aromatic heterocycles. The number of hydrogen-bond donors (Lipinski definition) is 1. The average molecular weight is 441 g/mol. The van der Waals surface area contributed by atoms with Crippen LogP contribution in [-0.4, -0.2) is 27.2 Å². The molecule has 0 saturated heterocycles. The molecule has 0 atom stereocenters. The molecule has 0 bridgehead atoms. The van der Waals surface area contributed by atoms with E-state index in [4.69, 9.17) is 27.6 Å². The van der Waals surface area contributed by atoms with Crippen LogP contribution >= 0.6 is 23.2 Å². The summed E-state index contributed by atoms with van der Waals surface area (Å²) in [6, 6.07) is 14.9. The Morgan fingerprint density at radius 1 is 1.13 bits per heavy atom. The molecule has 4 rings (SSSR count). The smallest absolute Gasteiger partial charge is 0.291 e. The van der Waals surface area contributed by atoms with Crippen molar-refractivity contribution in [3.05, 3.63) is 88.1 Å². The number of aryl methyl sites for hydroxylation is 1. The van der Waals surface area contributed by atoms with Crippen LogP contribution in [0.3, 0.4) is 0 Å². The Balaban J connectivity index is 1.54. The second-order valence-electron chi connectivity index (χ2n) is 6.76. The van der Waals surface area contributed by atoms with Gasteiger partial charge in [0.15, 0.2) is 5.82 Å². The number of hydrogen-bond acceptors (Lipinski definition) is 4. The first-order valence-electron chi connectivity index (χ1n) is 9.30. The highest BCUT2D eigenvalue weighted by Gasteiger charge is 2.19. The van der Waals surface area contributed by atoms with E-state index >= 15 is 0 Å². The molecule has 0 aliphatic rings. The van der Waals surface area contributed by atoms with E-state index in [1.807, 2.05) is 37.3 Å². The molecule has 2 aromatic carbocycles. The van der Waals surface area contributed by atoms with Crippen LogP contribution in [0.15, 0.2) is 65.5 Å². The fourth-order valence-corrected chi connectivity index (χ4v) is 3.47. The summed E-state index contributed by atoms with van der Waals surface area (Å²) in [4.78, 5) is 17.1. The molecule has 0 radical (unpaired) electrons. The second-order valence-corrected chi connectivity index (χ2v) is 7.60. The summed E-state index contributed by atoms with van der Waals surface area (Å²) < 4.78 is 6.81. The van der Waals surface area contributed by atoms with Gasteiger partial charge in [0, 0.05) is 16.6 Å². The summed E-state index contributed by atoms with van der Waals surface area (Å²) in [5.41, 5.74) is 3.56. The SMILES string of the molecule is Cc1ccc(-n2nc(C(=O)NCCc3ccc(Cl)cc3Cl)nc2-c2ccoc2)cc1. The summed E-state index contributed by atoms with van der Waals surface area (Å²) >= 11 is 12.1. The van der Waals surface area contributed by atoms with Gasteiger partial charge in [-0.3, -0.25) is 4.79 Å². The highest BCUT2D eigenvalue weighted by atomic mass is 35.5. The minimum Gasteiger partial charge on any atom is -0.472 e. The minimum atomic E-state index is -0.365. The van der Waals surface area contributed by atoms with E-state index in [9.17, 15) is 4.79 Å². The predicted octanol–water partition coefficient (Wildman–Crippen LogP) is 5.12. The molecule has 0 unspecified atom stereocenters. The number of rotatable bonds is 6. The van der Waals surface area contributed by atoms with Crippen LogP contribution in [0.4, 0.5) is 0 Å². The monoisotopic (exact) mass is 440 g/mol. The van der Waals surface area contributed by atoms with Crippen molar-refractivity contribution in [2.45, 2.75) is 13.3 Å². The number of nitrogens with zero attached hydrogens (tertiary/aromatic N) is 3. The highest BCUT2D eigenvalue weighted by molar-refractivity contribution is 6.35. The van der Waals surface area contributed by atoms with Gasteiger partial charge in [-0.25, -0.2) is 9.67 Å². The molecule has 2 heterocycles. The molecular formula is C22H18Cl2N4O2. The number of nitrogens with one attached hydrogen (secondary N) is 1. The molecule has 0 fully saturated rings. The largest absolute Gasteiger partial charge is 0.472 e. The molecule has 0 aliphatic heterocycles. The Morgan fingerprint density at radius 3 is 2.63 bits per heavy atom. The van der Waals surface area contributed by atoms with Crippen LogP contribution in [0, 0.1) is 6.92 Å². The Hall–Kier alpha value is -3.09. The quantitative estimate of drug-likeness (QED) is 0.451. The van der Waals surface area contributed by atoms with Crippen molar-refractivity contribution in [1.29, 1.82) is 0 Å². The maximum absolute atomic E-state index is 12.7. The number of aromatic nitrogens is 3. The molecular weight excluding hydrogens is 423 g/mol. The van der Waals surface area contributed by atoms with Gasteiger partial charge < -0.3 is 9.73 Å². The first-order valence-corrected chi connectivity index (χ1v) is 10.1. The minimum absolute atomic E-state index is 0.0778. The molecule has 0 aliphatic carbocycles. The van der Waals surface area contributed by atoms with Crippen LogP contribution < -0.4 is 5.32 Å². The number of carbonyl (C=O) groups excluding carboxylic acids is 1. The number of amides is 1. The summed E-state index contributed by atoms with van der Waals surface area (Å²) in [5.74, 6) is 0.239. The summed E-state index contributed by atoms with van der Waals surface area (Å²) in [6.07, 6.45) is 3.69. The van der Waals surface area contributed by atoms with Crippen molar-refractivity contribution in [2.75, 3.05) is 6.54 Å². The van der Waals surface area contributed by atoms with Crippen molar-refractivity contribution in [3.63, 3.8) is 0 Å². The average Bonchev–Trinajstić information content (AvgIpc) is 3.40. The third-order valence-corrected chi connectivity index (χ3v) is 5.15. The standard InChI is InChI=1S/C22H18Cl2N4O2/c1-14-2-6-18(7-3-14)28-21(16-9-11-30-13-16)26-20(27-28)22(29)25-10-8-15-4-5-17(23)12-19(15)24/h2-7,9,11-13H,8,10H2,1H3,(H,25,29). The number of furan rings is 1. The summed E-state index contributed by atoms with van der Waals surface area (Å²) in [6.45, 7) is 2.40. The Labute approximate surface area is 183 Å². The van der Waals surface area contributed by atoms with Crippen LogP contribution in [0.5, 0.6) is 0 Å². The second kappa shape index (κ2) is 8.73. The van der Waals surface area contributed by atoms with Crippen molar-refractivity contribution >= 4 is 29.1 Å². The van der Waals surface area contributed by atoms with Crippen molar-refractivity contribution in [3.8, 4) is 17.1 Å². The lowest BCUT2D eigenvalue weighted by Gasteiger charge is -2.06. The van der Waals surface area contributed by atoms with E-state index in [0.717, 1.165) is 22.4 Å². The van der Waals surface area contributed by atoms with E-state index in [1.165, 1.54) is 0 Å². The van der Waals surface area contributed by atoms with Gasteiger partial charge in [-0.05, 0) is 49.2 Å². The fraction of sp³-hybridized carbons (Fsp3) is 0.136. The molecule has 8 heteroatoms. The molecule has 1 amide bonds. The first kappa shape index (κ1) is 20.2. The zero-order chi connectivity index (χ0) is 21.1. The summed E-state index contributed by atoms with van der Waals surface area (Å²) in [7, 11) is 0. The van der Waals surface area contributed by atoms with E-state index < -0.39 is 0 Å². The van der Waals surface area contributed by atoms with E-state index in [1.54, 1.807) is 35.4 Å². The van der Waals surface area contributed by atoms with Crippen LogP contribution in [0.25, 0.3) is 17.1 Å². The van der Waals surface area contributed by atoms with Gasteiger partial charge in [0.05, 0.1) is 17.5 Å². The molecule has 1 N–H and O–H groups in total. The van der Waals surface area contributed by atoms with Crippen molar-refractivity contribution < 1.29 is 9.21 Å². The summed E-state index contributed by atoms with van der Waals surface area (Å²) in [5, 5.41) is 8.42. The van der Waals surface area contributed by atoms with Gasteiger partial charge >= 0.3 is 0 Å². The van der Waals surface area contributed by atoms with Crippen molar-refractivity contribution in [2.24, 2.45) is 0 Å². The van der Waals surface area contributed by atoms with Gasteiger partial charge in [0.25, 0.3) is 5.91 Å². The molecule has 0 spiro atoms. The molecule has 30 heavy (non-hydrogen) atoms. The van der Waals surface area contributed by atoms with Crippen molar-refractivity contribution in [1.82, 2.24) is 20.1 Å². The number of carbonyl (C=O) groups is 1. The van der Waals surface area contributed by atoms with Gasteiger partial charge in [0.2, 0.25) is 5.82 Å². The molecule has 4 aromatic rings. The third kappa shape index (κ3) is 4.40. The van der Waals surface area contributed by atoms with Gasteiger partial charge in [-0.1, -0.05) is 47.0 Å². The number of benzene rings is 2. The predicted molar refractivity (Wildman–Crippen MR) is 116 cm³/mol. The fourth-order valence-electron chi connectivity index (χ4n) is 2.97. The van der Waals surface area contributed by atoms with E-state index in [0.29, 0.717) is 28.8 Å². The Kier molecular flexibility index (Phi) is 5.88. The van der Waals surface area contributed by atoms with Gasteiger partial charge in [-0.15, -0.1) is 5.10 Å². The zero-order valence-corrected chi connectivity index (χ0v) is 17.6. The van der Waals surface area contributed by atoms with Crippen LogP contribution in [0.2, 0.25) is 10.0 Å². The first-order chi connectivity index (χ1) is 14.5. The topological polar surface area (TPSA) is 73.0 Å². The maximum atomic E-state index is 12.7. The lowest BCUT2D eigenvalue weighted by Crippen LogP contribution is -2.27. The van der Waals surface area contributed by atoms with E-state index in [-0.39, 0.29) is 11.7 Å². The van der Waals surface area contributed by atoms with Crippen LogP contribution in [0.1, 0.15) is 21.7 Å². The lowest BCUT2D eigenvalue weighted by molar-refractivity contribution is 0.0944. The Morgan fingerprint density at radius 2 is 1.93 bits per heavy atom. The third-order valence-electron chi connectivity index (χ3n) is 4.56. The molecule has 152 valence electrons. The number of halogens is 2. The maximum Gasteiger partial charge on any atom is 0.291 e. The van der Waals surface area contributed by atoms with E-state index in [2.05, 4.69) is 15.4 Å². The van der Waals surface area contributed by atoms with Crippen LogP contribution in [-0.2, 0) is 6.42 Å². The molecule has 0 saturated carbocycles. The van der Waals surface area contributed by atoms with Gasteiger partial charge in [0.1, 0.15) is 6.26 Å².